The topological polar surface area (TPSA) is 384 Å². The van der Waals surface area contributed by atoms with Gasteiger partial charge in [0.25, 0.3) is 0 Å². The Hall–Kier alpha value is -2.48. The molecule has 0 aliphatic carbocycles. The summed E-state index contributed by atoms with van der Waals surface area (Å²) in [6.07, 6.45) is -7.84. The fourth-order valence-corrected chi connectivity index (χ4v) is 8.14. The number of ether oxygens (including phenoxy) is 1. The third-order valence-electron chi connectivity index (χ3n) is 7.40. The maximum absolute atomic E-state index is 12.6. The number of amides is 2. The van der Waals surface area contributed by atoms with E-state index in [4.69, 9.17) is 19.5 Å². The molecule has 2 amide bonds. The van der Waals surface area contributed by atoms with E-state index in [1.807, 2.05) is 0 Å². The second-order valence-corrected chi connectivity index (χ2v) is 17.5. The number of carbonyl (C=O) groups is 3. The number of nitrogen functional groups attached to an aromatic ring is 1. The number of hydrogen-bond donors (Lipinski definition) is 10. The summed E-state index contributed by atoms with van der Waals surface area (Å²) in [5.74, 6) is -1.32. The maximum Gasteiger partial charge on any atom is 0.481 e. The minimum atomic E-state index is -5.57. The van der Waals surface area contributed by atoms with E-state index in [2.05, 4.69) is 34.4 Å². The molecule has 54 heavy (non-hydrogen) atoms. The van der Waals surface area contributed by atoms with Gasteiger partial charge < -0.3 is 56.0 Å². The zero-order chi connectivity index (χ0) is 40.6. The second kappa shape index (κ2) is 19.1. The van der Waals surface area contributed by atoms with Crippen LogP contribution in [0.4, 0.5) is 5.82 Å². The van der Waals surface area contributed by atoms with E-state index in [9.17, 15) is 63.0 Å². The fourth-order valence-electron chi connectivity index (χ4n) is 4.54. The van der Waals surface area contributed by atoms with Gasteiger partial charge in [0, 0.05) is 30.7 Å². The summed E-state index contributed by atoms with van der Waals surface area (Å²) in [5, 5.41) is 35.2. The molecule has 1 fully saturated rings. The van der Waals surface area contributed by atoms with Gasteiger partial charge in [0.15, 0.2) is 17.7 Å². The summed E-state index contributed by atoms with van der Waals surface area (Å²) in [4.78, 5) is 86.9. The summed E-state index contributed by atoms with van der Waals surface area (Å²) in [7, 11) is -16.4. The Morgan fingerprint density at radius 1 is 1.06 bits per heavy atom. The summed E-state index contributed by atoms with van der Waals surface area (Å²) in [6, 6.07) is 0. The van der Waals surface area contributed by atoms with Crippen molar-refractivity contribution in [2.45, 2.75) is 70.4 Å². The highest BCUT2D eigenvalue weighted by molar-refractivity contribution is 8.13. The van der Waals surface area contributed by atoms with E-state index in [1.54, 1.807) is 6.92 Å². The monoisotopic (exact) mass is 853 g/mol. The molecule has 3 heterocycles. The molecule has 2 aromatic heterocycles. The van der Waals surface area contributed by atoms with Gasteiger partial charge in [-0.05, 0) is 6.42 Å². The van der Waals surface area contributed by atoms with E-state index in [-0.39, 0.29) is 48.7 Å². The van der Waals surface area contributed by atoms with Gasteiger partial charge in [0.05, 0.1) is 19.5 Å². The average Bonchev–Trinajstić information content (AvgIpc) is 3.64. The first-order chi connectivity index (χ1) is 25.0. The van der Waals surface area contributed by atoms with Crippen molar-refractivity contribution in [2.75, 3.05) is 37.8 Å². The van der Waals surface area contributed by atoms with Crippen molar-refractivity contribution >= 4 is 69.1 Å². The van der Waals surface area contributed by atoms with Crippen molar-refractivity contribution in [2.24, 2.45) is 5.41 Å². The van der Waals surface area contributed by atoms with E-state index in [0.29, 0.717) is 0 Å². The van der Waals surface area contributed by atoms with E-state index in [1.165, 1.54) is 13.8 Å². The Morgan fingerprint density at radius 3 is 2.37 bits per heavy atom. The molecule has 4 unspecified atom stereocenters. The number of imidazole rings is 1. The molecule has 2 aromatic rings. The molecule has 1 aliphatic rings. The van der Waals surface area contributed by atoms with Crippen LogP contribution in [0.15, 0.2) is 12.7 Å². The molecule has 306 valence electrons. The number of anilines is 1. The van der Waals surface area contributed by atoms with E-state index < -0.39 is 95.8 Å². The molecule has 8 atom stereocenters. The molecule has 25 nitrogen and oxygen atoms in total. The van der Waals surface area contributed by atoms with Gasteiger partial charge in [0.2, 0.25) is 16.9 Å². The van der Waals surface area contributed by atoms with Crippen LogP contribution in [0.2, 0.25) is 0 Å². The number of nitrogens with one attached hydrogen (secondary N) is 2. The number of aromatic nitrogens is 4. The molecule has 0 aromatic carbocycles. The van der Waals surface area contributed by atoms with Crippen molar-refractivity contribution in [3.05, 3.63) is 12.7 Å². The number of fused-ring (bicyclic) bond motifs is 1. The standard InChI is InChI=1S/C25H42N7O18P3S/c1-4-13(33)24(38)54-8-7-27-15(34)5-6-28-22(37)19(36)25(2,3)10-47-53(44,45)50-52(42,43)46-9-14-18(49-51(39,40)41)17(35)23(48-14)32-12-31-16-20(26)29-11-30-21(16)32/h11-14,17-19,23,33,35-36H,4-10H2,1-3H3,(H,27,34)(H,28,37)(H,42,43)(H,44,45)(H2,26,29,30)(H2,39,40,41)/t13?,14-,17-,18-,19?,23-/m1/s1. The van der Waals surface area contributed by atoms with Gasteiger partial charge >= 0.3 is 23.5 Å². The van der Waals surface area contributed by atoms with Gasteiger partial charge in [-0.25, -0.2) is 28.6 Å². The molecule has 0 saturated carbocycles. The van der Waals surface area contributed by atoms with Crippen molar-refractivity contribution in [3.8, 4) is 0 Å². The lowest BCUT2D eigenvalue weighted by atomic mass is 9.87. The van der Waals surface area contributed by atoms with Crippen molar-refractivity contribution < 1.29 is 85.6 Å². The quantitative estimate of drug-likeness (QED) is 0.0501. The smallest absolute Gasteiger partial charge is 0.386 e. The molecule has 11 N–H and O–H groups in total. The van der Waals surface area contributed by atoms with Crippen LogP contribution in [0.1, 0.15) is 39.8 Å². The number of nitrogens with two attached hydrogens (primary N) is 1. The van der Waals surface area contributed by atoms with E-state index in [0.717, 1.165) is 29.0 Å². The van der Waals surface area contributed by atoms with Crippen molar-refractivity contribution in [3.63, 3.8) is 0 Å². The van der Waals surface area contributed by atoms with Crippen LogP contribution in [0.5, 0.6) is 0 Å². The summed E-state index contributed by atoms with van der Waals surface area (Å²) >= 11 is 0.853. The fraction of sp³-hybridized carbons (Fsp3) is 0.680. The number of phosphoric ester groups is 3. The molecule has 0 bridgehead atoms. The minimum absolute atomic E-state index is 0.0254. The minimum Gasteiger partial charge on any atom is -0.386 e. The number of thioether (sulfide) groups is 1. The van der Waals surface area contributed by atoms with Crippen LogP contribution < -0.4 is 16.4 Å². The Bertz CT molecular complexity index is 1780. The van der Waals surface area contributed by atoms with Crippen LogP contribution in [0.3, 0.4) is 0 Å². The normalized spacial score (nSPS) is 22.6. The maximum atomic E-state index is 12.6. The summed E-state index contributed by atoms with van der Waals surface area (Å²) in [5.41, 5.74) is 4.23. The number of aliphatic hydroxyl groups is 3. The molecule has 3 rings (SSSR count). The molecule has 1 saturated heterocycles. The molecular weight excluding hydrogens is 811 g/mol. The van der Waals surface area contributed by atoms with E-state index >= 15 is 0 Å². The highest BCUT2D eigenvalue weighted by Crippen LogP contribution is 2.61. The third kappa shape index (κ3) is 13.3. The molecule has 1 aliphatic heterocycles. The number of hydrogen-bond acceptors (Lipinski definition) is 19. The number of aliphatic hydroxyl groups excluding tert-OH is 3. The SMILES string of the molecule is CCC(O)C(=O)SCCNC(=O)CCNC(=O)C(O)C(C)(C)COP(=O)(O)OP(=O)(O)OC[C@H]1O[C@@H](n2cnc3c(N)ncnc32)[C@H](O)[C@@H]1OP(=O)(O)O. The van der Waals surface area contributed by atoms with Crippen LogP contribution in [0.25, 0.3) is 11.2 Å². The molecule has 0 radical (unpaired) electrons. The first kappa shape index (κ1) is 45.9. The van der Waals surface area contributed by atoms with Crippen LogP contribution in [-0.4, -0.2) is 134 Å². The third-order valence-corrected chi connectivity index (χ3v) is 11.5. The Kier molecular flexibility index (Phi) is 16.2. The Labute approximate surface area is 310 Å². The molecule has 29 heteroatoms. The lowest BCUT2D eigenvalue weighted by Crippen LogP contribution is -2.46. The first-order valence-electron chi connectivity index (χ1n) is 15.7. The summed E-state index contributed by atoms with van der Waals surface area (Å²) in [6.45, 7) is 1.96. The van der Waals surface area contributed by atoms with Gasteiger partial charge in [0.1, 0.15) is 42.4 Å². The van der Waals surface area contributed by atoms with Gasteiger partial charge in [-0.3, -0.25) is 32.5 Å². The highest BCUT2D eigenvalue weighted by Gasteiger charge is 2.50. The zero-order valence-electron chi connectivity index (χ0n) is 28.8. The van der Waals surface area contributed by atoms with Crippen molar-refractivity contribution in [1.29, 1.82) is 0 Å². The first-order valence-corrected chi connectivity index (χ1v) is 21.2. The lowest BCUT2D eigenvalue weighted by molar-refractivity contribution is -0.137. The van der Waals surface area contributed by atoms with Gasteiger partial charge in [-0.2, -0.15) is 4.31 Å². The van der Waals surface area contributed by atoms with Crippen LogP contribution >= 0.6 is 35.2 Å². The summed E-state index contributed by atoms with van der Waals surface area (Å²) < 4.78 is 61.9. The lowest BCUT2D eigenvalue weighted by Gasteiger charge is -2.30. The number of phosphoric acid groups is 3. The molecular formula is C25H42N7O18P3S. The van der Waals surface area contributed by atoms with Gasteiger partial charge in [-0.15, -0.1) is 0 Å². The predicted molar refractivity (Wildman–Crippen MR) is 183 cm³/mol. The number of nitrogens with zero attached hydrogens (tertiary/aromatic N) is 4. The molecule has 0 spiro atoms. The number of rotatable bonds is 21. The number of carbonyl (C=O) groups excluding carboxylic acids is 3. The van der Waals surface area contributed by atoms with Crippen molar-refractivity contribution in [1.82, 2.24) is 30.2 Å². The largest absolute Gasteiger partial charge is 0.481 e. The second-order valence-electron chi connectivity index (χ2n) is 12.2. The highest BCUT2D eigenvalue weighted by atomic mass is 32.2. The zero-order valence-corrected chi connectivity index (χ0v) is 32.3. The van der Waals surface area contributed by atoms with Crippen LogP contribution in [0, 0.1) is 5.41 Å². The van der Waals surface area contributed by atoms with Gasteiger partial charge in [-0.1, -0.05) is 32.5 Å². The Balaban J connectivity index is 1.51. The Morgan fingerprint density at radius 2 is 1.72 bits per heavy atom. The predicted octanol–water partition coefficient (Wildman–Crippen LogP) is -1.56. The average molecular weight is 854 g/mol. The van der Waals surface area contributed by atoms with Crippen LogP contribution in [-0.2, 0) is 50.7 Å².